The maximum atomic E-state index is 12.9. The molecule has 0 unspecified atom stereocenters. The minimum Gasteiger partial charge on any atom is -0.467 e. The molecule has 0 aliphatic carbocycles. The van der Waals surface area contributed by atoms with E-state index in [-0.39, 0.29) is 12.5 Å². The van der Waals surface area contributed by atoms with Crippen LogP contribution in [0.3, 0.4) is 0 Å². The van der Waals surface area contributed by atoms with E-state index in [1.165, 1.54) is 0 Å². The highest BCUT2D eigenvalue weighted by molar-refractivity contribution is 6.10. The standard InChI is InChI=1S/C20H21N5O2/c1-2-3-10-25-18(21)16(20(26)22-12-13-7-6-11-27-13)17-19(25)24-15-9-5-4-8-14(15)23-17/h4-9,11H,2-3,10,12,21H2,1H3,(H,22,26). The van der Waals surface area contributed by atoms with E-state index < -0.39 is 0 Å². The lowest BCUT2D eigenvalue weighted by molar-refractivity contribution is 0.0950. The molecule has 0 bridgehead atoms. The number of anilines is 1. The van der Waals surface area contributed by atoms with E-state index in [0.29, 0.717) is 34.9 Å². The fourth-order valence-corrected chi connectivity index (χ4v) is 3.15. The summed E-state index contributed by atoms with van der Waals surface area (Å²) in [5, 5.41) is 2.86. The number of nitrogens with two attached hydrogens (primary N) is 1. The Kier molecular flexibility index (Phi) is 4.50. The first kappa shape index (κ1) is 17.1. The number of amides is 1. The Morgan fingerprint density at radius 3 is 2.67 bits per heavy atom. The molecule has 7 nitrogen and oxygen atoms in total. The molecule has 7 heteroatoms. The number of aromatic nitrogens is 3. The summed E-state index contributed by atoms with van der Waals surface area (Å²) in [4.78, 5) is 22.3. The minimum absolute atomic E-state index is 0.284. The highest BCUT2D eigenvalue weighted by atomic mass is 16.3. The normalized spacial score (nSPS) is 11.3. The van der Waals surface area contributed by atoms with E-state index in [1.807, 2.05) is 34.9 Å². The van der Waals surface area contributed by atoms with Gasteiger partial charge in [0, 0.05) is 6.54 Å². The van der Waals surface area contributed by atoms with Gasteiger partial charge in [0.1, 0.15) is 22.7 Å². The van der Waals surface area contributed by atoms with Gasteiger partial charge < -0.3 is 20.0 Å². The predicted molar refractivity (Wildman–Crippen MR) is 104 cm³/mol. The number of hydrogen-bond donors (Lipinski definition) is 2. The number of nitrogens with zero attached hydrogens (tertiary/aromatic N) is 3. The van der Waals surface area contributed by atoms with Gasteiger partial charge in [-0.1, -0.05) is 25.5 Å². The van der Waals surface area contributed by atoms with Gasteiger partial charge in [-0.3, -0.25) is 4.79 Å². The number of aryl methyl sites for hydroxylation is 1. The first-order chi connectivity index (χ1) is 13.2. The number of carbonyl (C=O) groups excluding carboxylic acids is 1. The zero-order valence-corrected chi connectivity index (χ0v) is 15.1. The quantitative estimate of drug-likeness (QED) is 0.546. The number of carbonyl (C=O) groups is 1. The van der Waals surface area contributed by atoms with E-state index in [4.69, 9.17) is 15.1 Å². The van der Waals surface area contributed by atoms with E-state index in [9.17, 15) is 4.79 Å². The van der Waals surface area contributed by atoms with Crippen LogP contribution in [0.5, 0.6) is 0 Å². The second-order valence-electron chi connectivity index (χ2n) is 6.41. The monoisotopic (exact) mass is 363 g/mol. The molecule has 0 spiro atoms. The maximum Gasteiger partial charge on any atom is 0.257 e. The average Bonchev–Trinajstić information content (AvgIpc) is 3.29. The van der Waals surface area contributed by atoms with Gasteiger partial charge in [0.15, 0.2) is 5.65 Å². The summed E-state index contributed by atoms with van der Waals surface area (Å²) in [6.07, 6.45) is 3.53. The second-order valence-corrected chi connectivity index (χ2v) is 6.41. The van der Waals surface area contributed by atoms with E-state index in [2.05, 4.69) is 17.2 Å². The van der Waals surface area contributed by atoms with Gasteiger partial charge in [0.2, 0.25) is 0 Å². The van der Waals surface area contributed by atoms with Crippen molar-refractivity contribution in [1.29, 1.82) is 0 Å². The maximum absolute atomic E-state index is 12.9. The van der Waals surface area contributed by atoms with Crippen molar-refractivity contribution >= 4 is 33.9 Å². The molecule has 27 heavy (non-hydrogen) atoms. The van der Waals surface area contributed by atoms with Gasteiger partial charge in [0.05, 0.1) is 23.8 Å². The molecule has 1 amide bonds. The van der Waals surface area contributed by atoms with Crippen molar-refractivity contribution in [1.82, 2.24) is 19.9 Å². The number of fused-ring (bicyclic) bond motifs is 2. The first-order valence-electron chi connectivity index (χ1n) is 9.04. The van der Waals surface area contributed by atoms with E-state index in [0.717, 1.165) is 23.9 Å². The second kappa shape index (κ2) is 7.11. The fourth-order valence-electron chi connectivity index (χ4n) is 3.15. The van der Waals surface area contributed by atoms with Crippen LogP contribution in [-0.2, 0) is 13.1 Å². The summed E-state index contributed by atoms with van der Waals surface area (Å²) < 4.78 is 7.16. The molecule has 0 aliphatic rings. The summed E-state index contributed by atoms with van der Waals surface area (Å²) in [7, 11) is 0. The lowest BCUT2D eigenvalue weighted by Gasteiger charge is -2.07. The van der Waals surface area contributed by atoms with Crippen molar-refractivity contribution < 1.29 is 9.21 Å². The SMILES string of the molecule is CCCCn1c(N)c(C(=O)NCc2ccco2)c2nc3ccccc3nc21. The molecule has 0 saturated carbocycles. The molecule has 138 valence electrons. The summed E-state index contributed by atoms with van der Waals surface area (Å²) in [6, 6.07) is 11.2. The summed E-state index contributed by atoms with van der Waals surface area (Å²) in [5.74, 6) is 0.785. The Bertz CT molecular complexity index is 1100. The van der Waals surface area contributed by atoms with Crippen LogP contribution >= 0.6 is 0 Å². The zero-order valence-electron chi connectivity index (χ0n) is 15.1. The molecule has 3 heterocycles. The van der Waals surface area contributed by atoms with Crippen molar-refractivity contribution in [2.75, 3.05) is 5.73 Å². The number of para-hydroxylation sites is 2. The molecule has 3 N–H and O–H groups in total. The highest BCUT2D eigenvalue weighted by Gasteiger charge is 2.23. The van der Waals surface area contributed by atoms with Crippen LogP contribution in [-0.4, -0.2) is 20.4 Å². The third-order valence-corrected chi connectivity index (χ3v) is 4.56. The molecule has 0 radical (unpaired) electrons. The Labute approximate surface area is 156 Å². The molecule has 0 aliphatic heterocycles. The molecular weight excluding hydrogens is 342 g/mol. The predicted octanol–water partition coefficient (Wildman–Crippen LogP) is 3.49. The molecule has 4 rings (SSSR count). The Balaban J connectivity index is 1.81. The molecule has 4 aromatic rings. The topological polar surface area (TPSA) is 99.0 Å². The van der Waals surface area contributed by atoms with Gasteiger partial charge in [-0.25, -0.2) is 9.97 Å². The molecule has 0 atom stereocenters. The van der Waals surface area contributed by atoms with Gasteiger partial charge in [-0.05, 0) is 30.7 Å². The Hall–Kier alpha value is -3.35. The molecule has 3 aromatic heterocycles. The highest BCUT2D eigenvalue weighted by Crippen LogP contribution is 2.28. The smallest absolute Gasteiger partial charge is 0.257 e. The number of furan rings is 1. The molecule has 0 saturated heterocycles. The number of benzene rings is 1. The molecule has 0 fully saturated rings. The third-order valence-electron chi connectivity index (χ3n) is 4.56. The van der Waals surface area contributed by atoms with Crippen molar-refractivity contribution in [2.45, 2.75) is 32.9 Å². The number of hydrogen-bond acceptors (Lipinski definition) is 5. The number of nitrogen functional groups attached to an aromatic ring is 1. The van der Waals surface area contributed by atoms with Crippen LogP contribution in [0.1, 0.15) is 35.9 Å². The van der Waals surface area contributed by atoms with E-state index in [1.54, 1.807) is 12.3 Å². The summed E-state index contributed by atoms with van der Waals surface area (Å²) in [6.45, 7) is 3.09. The van der Waals surface area contributed by atoms with Crippen LogP contribution in [0.25, 0.3) is 22.2 Å². The van der Waals surface area contributed by atoms with Crippen molar-refractivity contribution in [3.05, 3.63) is 54.0 Å². The van der Waals surface area contributed by atoms with Crippen LogP contribution in [0.15, 0.2) is 47.1 Å². The van der Waals surface area contributed by atoms with Crippen molar-refractivity contribution in [2.24, 2.45) is 0 Å². The van der Waals surface area contributed by atoms with E-state index >= 15 is 0 Å². The minimum atomic E-state index is -0.284. The average molecular weight is 363 g/mol. The summed E-state index contributed by atoms with van der Waals surface area (Å²) >= 11 is 0. The van der Waals surface area contributed by atoms with Gasteiger partial charge >= 0.3 is 0 Å². The molecule has 1 aromatic carbocycles. The molecular formula is C20H21N5O2. The number of unbranched alkanes of at least 4 members (excludes halogenated alkanes) is 1. The lowest BCUT2D eigenvalue weighted by Crippen LogP contribution is -2.23. The van der Waals surface area contributed by atoms with Crippen LogP contribution in [0.4, 0.5) is 5.82 Å². The van der Waals surface area contributed by atoms with Crippen LogP contribution < -0.4 is 11.1 Å². The fraction of sp³-hybridized carbons (Fsp3) is 0.250. The van der Waals surface area contributed by atoms with Gasteiger partial charge in [-0.15, -0.1) is 0 Å². The summed E-state index contributed by atoms with van der Waals surface area (Å²) in [5.41, 5.74) is 9.42. The van der Waals surface area contributed by atoms with Crippen molar-refractivity contribution in [3.8, 4) is 0 Å². The van der Waals surface area contributed by atoms with Gasteiger partial charge in [-0.2, -0.15) is 0 Å². The van der Waals surface area contributed by atoms with Gasteiger partial charge in [0.25, 0.3) is 5.91 Å². The zero-order chi connectivity index (χ0) is 18.8. The first-order valence-corrected chi connectivity index (χ1v) is 9.04. The largest absolute Gasteiger partial charge is 0.467 e. The Morgan fingerprint density at radius 2 is 1.96 bits per heavy atom. The Morgan fingerprint density at radius 1 is 1.19 bits per heavy atom. The van der Waals surface area contributed by atoms with Crippen LogP contribution in [0.2, 0.25) is 0 Å². The number of rotatable bonds is 6. The van der Waals surface area contributed by atoms with Crippen molar-refractivity contribution in [3.63, 3.8) is 0 Å². The third kappa shape index (κ3) is 3.12. The lowest BCUT2D eigenvalue weighted by atomic mass is 10.2. The number of nitrogens with one attached hydrogen (secondary N) is 1. The van der Waals surface area contributed by atoms with Crippen LogP contribution in [0, 0.1) is 0 Å².